The predicted molar refractivity (Wildman–Crippen MR) is 79.2 cm³/mol. The first-order valence-electron chi connectivity index (χ1n) is 6.88. The zero-order valence-electron chi connectivity index (χ0n) is 11.8. The minimum atomic E-state index is 0.211. The van der Waals surface area contributed by atoms with Crippen LogP contribution in [-0.4, -0.2) is 50.7 Å². The molecule has 0 spiro atoms. The van der Waals surface area contributed by atoms with Gasteiger partial charge in [-0.1, -0.05) is 24.4 Å². The molecular formula is C13H19ClN6. The predicted octanol–water partition coefficient (Wildman–Crippen LogP) is 2.06. The van der Waals surface area contributed by atoms with Gasteiger partial charge in [0.2, 0.25) is 0 Å². The molecule has 0 atom stereocenters. The third kappa shape index (κ3) is 2.33. The third-order valence-electron chi connectivity index (χ3n) is 4.30. The maximum absolute atomic E-state index is 6.03. The van der Waals surface area contributed by atoms with Crippen molar-refractivity contribution in [3.63, 3.8) is 0 Å². The second kappa shape index (κ2) is 5.18. The van der Waals surface area contributed by atoms with Crippen LogP contribution in [0.4, 0.5) is 5.82 Å². The van der Waals surface area contributed by atoms with E-state index < -0.39 is 0 Å². The van der Waals surface area contributed by atoms with E-state index >= 15 is 0 Å². The second-order valence-electron chi connectivity index (χ2n) is 5.62. The molecule has 1 aliphatic carbocycles. The Morgan fingerprint density at radius 1 is 1.40 bits per heavy atom. The summed E-state index contributed by atoms with van der Waals surface area (Å²) < 4.78 is 1.68. The van der Waals surface area contributed by atoms with Gasteiger partial charge in [-0.2, -0.15) is 19.6 Å². The molecule has 108 valence electrons. The van der Waals surface area contributed by atoms with Gasteiger partial charge < -0.3 is 10.2 Å². The fraction of sp³-hybridized carbons (Fsp3) is 0.615. The van der Waals surface area contributed by atoms with Crippen molar-refractivity contribution in [3.8, 4) is 0 Å². The van der Waals surface area contributed by atoms with Gasteiger partial charge in [-0.25, -0.2) is 0 Å². The van der Waals surface area contributed by atoms with E-state index in [0.29, 0.717) is 10.9 Å². The molecule has 1 N–H and O–H groups in total. The highest BCUT2D eigenvalue weighted by atomic mass is 35.5. The SMILES string of the molecule is CN(C)C1(CNc2cc(Cl)nc3ncnn23)CCCC1. The molecular weight excluding hydrogens is 276 g/mol. The highest BCUT2D eigenvalue weighted by Gasteiger charge is 2.35. The summed E-state index contributed by atoms with van der Waals surface area (Å²) in [4.78, 5) is 10.5. The van der Waals surface area contributed by atoms with Gasteiger partial charge in [0.05, 0.1) is 0 Å². The Balaban J connectivity index is 1.84. The van der Waals surface area contributed by atoms with Crippen molar-refractivity contribution in [1.29, 1.82) is 0 Å². The number of likely N-dealkylation sites (N-methyl/N-ethyl adjacent to an activating group) is 1. The molecule has 2 aromatic heterocycles. The standard InChI is InChI=1S/C13H19ClN6/c1-19(2)13(5-3-4-6-13)8-15-11-7-10(14)18-12-16-9-17-20(11)12/h7,9,15H,3-6,8H2,1-2H3. The van der Waals surface area contributed by atoms with Crippen molar-refractivity contribution in [2.24, 2.45) is 0 Å². The highest BCUT2D eigenvalue weighted by Crippen LogP contribution is 2.34. The van der Waals surface area contributed by atoms with E-state index in [1.54, 1.807) is 10.6 Å². The Bertz CT molecular complexity index is 602. The number of hydrogen-bond acceptors (Lipinski definition) is 5. The van der Waals surface area contributed by atoms with Crippen LogP contribution in [0.3, 0.4) is 0 Å². The van der Waals surface area contributed by atoms with Crippen molar-refractivity contribution in [1.82, 2.24) is 24.5 Å². The first kappa shape index (κ1) is 13.6. The lowest BCUT2D eigenvalue weighted by molar-refractivity contribution is 0.172. The lowest BCUT2D eigenvalue weighted by Gasteiger charge is -2.36. The zero-order chi connectivity index (χ0) is 14.2. The van der Waals surface area contributed by atoms with Crippen LogP contribution in [0.2, 0.25) is 5.15 Å². The molecule has 0 aliphatic heterocycles. The summed E-state index contributed by atoms with van der Waals surface area (Å²) in [6, 6.07) is 1.79. The van der Waals surface area contributed by atoms with Crippen LogP contribution in [0.5, 0.6) is 0 Å². The van der Waals surface area contributed by atoms with Crippen molar-refractivity contribution in [2.75, 3.05) is 26.0 Å². The normalized spacial score (nSPS) is 18.0. The molecule has 0 unspecified atom stereocenters. The van der Waals surface area contributed by atoms with E-state index in [1.807, 2.05) is 0 Å². The molecule has 2 heterocycles. The maximum atomic E-state index is 6.03. The summed E-state index contributed by atoms with van der Waals surface area (Å²) in [6.07, 6.45) is 6.49. The molecule has 1 aliphatic rings. The molecule has 2 aromatic rings. The molecule has 0 bridgehead atoms. The Labute approximate surface area is 123 Å². The van der Waals surface area contributed by atoms with Gasteiger partial charge >= 0.3 is 0 Å². The lowest BCUT2D eigenvalue weighted by Crippen LogP contribution is -2.47. The van der Waals surface area contributed by atoms with Crippen LogP contribution in [0.15, 0.2) is 12.4 Å². The summed E-state index contributed by atoms with van der Waals surface area (Å²) in [5.41, 5.74) is 0.211. The van der Waals surface area contributed by atoms with Crippen molar-refractivity contribution in [2.45, 2.75) is 31.2 Å². The molecule has 6 nitrogen and oxygen atoms in total. The van der Waals surface area contributed by atoms with E-state index in [4.69, 9.17) is 11.6 Å². The Morgan fingerprint density at radius 3 is 2.85 bits per heavy atom. The first-order chi connectivity index (χ1) is 9.61. The summed E-state index contributed by atoms with van der Waals surface area (Å²) in [5, 5.41) is 8.08. The molecule has 0 saturated heterocycles. The molecule has 0 radical (unpaired) electrons. The summed E-state index contributed by atoms with van der Waals surface area (Å²) in [6.45, 7) is 0.870. The van der Waals surface area contributed by atoms with Gasteiger partial charge in [-0.05, 0) is 26.9 Å². The fourth-order valence-corrected chi connectivity index (χ4v) is 3.16. The van der Waals surface area contributed by atoms with Gasteiger partial charge in [-0.3, -0.25) is 0 Å². The second-order valence-corrected chi connectivity index (χ2v) is 6.00. The molecule has 1 fully saturated rings. The van der Waals surface area contributed by atoms with Crippen LogP contribution in [0.25, 0.3) is 5.78 Å². The highest BCUT2D eigenvalue weighted by molar-refractivity contribution is 6.29. The molecule has 0 aromatic carbocycles. The van der Waals surface area contributed by atoms with E-state index in [2.05, 4.69) is 39.4 Å². The van der Waals surface area contributed by atoms with Crippen molar-refractivity contribution in [3.05, 3.63) is 17.5 Å². The number of halogens is 1. The van der Waals surface area contributed by atoms with Crippen LogP contribution in [-0.2, 0) is 0 Å². The van der Waals surface area contributed by atoms with E-state index in [0.717, 1.165) is 12.4 Å². The summed E-state index contributed by atoms with van der Waals surface area (Å²) >= 11 is 6.03. The topological polar surface area (TPSA) is 58.3 Å². The lowest BCUT2D eigenvalue weighted by atomic mass is 9.96. The van der Waals surface area contributed by atoms with E-state index in [9.17, 15) is 0 Å². The largest absolute Gasteiger partial charge is 0.368 e. The Kier molecular flexibility index (Phi) is 3.52. The number of nitrogens with one attached hydrogen (secondary N) is 1. The molecule has 7 heteroatoms. The van der Waals surface area contributed by atoms with Gasteiger partial charge in [0.25, 0.3) is 5.78 Å². The Morgan fingerprint density at radius 2 is 2.15 bits per heavy atom. The van der Waals surface area contributed by atoms with Gasteiger partial charge in [0.15, 0.2) is 0 Å². The first-order valence-corrected chi connectivity index (χ1v) is 7.26. The minimum Gasteiger partial charge on any atom is -0.368 e. The summed E-state index contributed by atoms with van der Waals surface area (Å²) in [5.74, 6) is 1.36. The number of nitrogens with zero attached hydrogens (tertiary/aromatic N) is 5. The van der Waals surface area contributed by atoms with Crippen LogP contribution >= 0.6 is 11.6 Å². The van der Waals surface area contributed by atoms with E-state index in [1.165, 1.54) is 32.0 Å². The van der Waals surface area contributed by atoms with Crippen LogP contribution < -0.4 is 5.32 Å². The van der Waals surface area contributed by atoms with Crippen LogP contribution in [0, 0.1) is 0 Å². The monoisotopic (exact) mass is 294 g/mol. The molecule has 3 rings (SSSR count). The zero-order valence-corrected chi connectivity index (χ0v) is 12.6. The molecule has 20 heavy (non-hydrogen) atoms. The van der Waals surface area contributed by atoms with Crippen LogP contribution in [0.1, 0.15) is 25.7 Å². The maximum Gasteiger partial charge on any atom is 0.255 e. The van der Waals surface area contributed by atoms with Gasteiger partial charge in [0, 0.05) is 18.2 Å². The van der Waals surface area contributed by atoms with Gasteiger partial charge in [0.1, 0.15) is 17.3 Å². The summed E-state index contributed by atoms with van der Waals surface area (Å²) in [7, 11) is 4.30. The molecule has 0 amide bonds. The number of hydrogen-bond donors (Lipinski definition) is 1. The number of anilines is 1. The van der Waals surface area contributed by atoms with Crippen molar-refractivity contribution < 1.29 is 0 Å². The average Bonchev–Trinajstić information content (AvgIpc) is 3.04. The fourth-order valence-electron chi connectivity index (χ4n) is 2.98. The van der Waals surface area contributed by atoms with E-state index in [-0.39, 0.29) is 5.54 Å². The number of rotatable bonds is 4. The minimum absolute atomic E-state index is 0.211. The van der Waals surface area contributed by atoms with Crippen molar-refractivity contribution >= 4 is 23.2 Å². The number of fused-ring (bicyclic) bond motifs is 1. The Hall–Kier alpha value is -1.40. The number of aromatic nitrogens is 4. The quantitative estimate of drug-likeness (QED) is 0.875. The average molecular weight is 295 g/mol. The third-order valence-corrected chi connectivity index (χ3v) is 4.50. The van der Waals surface area contributed by atoms with Gasteiger partial charge in [-0.15, -0.1) is 0 Å². The molecule has 1 saturated carbocycles. The smallest absolute Gasteiger partial charge is 0.255 e.